The van der Waals surface area contributed by atoms with Gasteiger partial charge in [-0.2, -0.15) is 5.10 Å². The first-order valence-electron chi connectivity index (χ1n) is 8.88. The van der Waals surface area contributed by atoms with E-state index >= 15 is 0 Å². The maximum Gasteiger partial charge on any atom is 0.0674 e. The molecule has 0 N–H and O–H groups in total. The molecule has 0 aliphatic rings. The van der Waals surface area contributed by atoms with Crippen LogP contribution in [0, 0.1) is 13.8 Å². The third-order valence-electron chi connectivity index (χ3n) is 4.52. The van der Waals surface area contributed by atoms with Crippen LogP contribution >= 0.6 is 0 Å². The highest BCUT2D eigenvalue weighted by molar-refractivity contribution is 5.69. The highest BCUT2D eigenvalue weighted by atomic mass is 15.3. The second kappa shape index (κ2) is 8.30. The quantitative estimate of drug-likeness (QED) is 0.721. The molecular weight excluding hydrogens is 282 g/mol. The number of benzene rings is 1. The molecular formula is C20H31N3. The highest BCUT2D eigenvalue weighted by Gasteiger charge is 2.12. The predicted octanol–water partition coefficient (Wildman–Crippen LogP) is 4.37. The number of hydrogen-bond acceptors (Lipinski definition) is 2. The Labute approximate surface area is 141 Å². The Bertz CT molecular complexity index is 622. The third kappa shape index (κ3) is 4.44. The Morgan fingerprint density at radius 3 is 2.30 bits per heavy atom. The van der Waals surface area contributed by atoms with Crippen molar-refractivity contribution in [2.75, 3.05) is 19.6 Å². The van der Waals surface area contributed by atoms with Gasteiger partial charge in [-0.1, -0.05) is 38.1 Å². The lowest BCUT2D eigenvalue weighted by Gasteiger charge is -2.21. The van der Waals surface area contributed by atoms with Crippen molar-refractivity contribution in [3.05, 3.63) is 41.2 Å². The van der Waals surface area contributed by atoms with E-state index in [-0.39, 0.29) is 0 Å². The lowest BCUT2D eigenvalue weighted by atomic mass is 10.00. The van der Waals surface area contributed by atoms with Gasteiger partial charge < -0.3 is 4.90 Å². The molecule has 0 aliphatic heterocycles. The normalized spacial score (nSPS) is 11.4. The third-order valence-corrected chi connectivity index (χ3v) is 4.52. The molecule has 23 heavy (non-hydrogen) atoms. The van der Waals surface area contributed by atoms with Gasteiger partial charge in [0.05, 0.1) is 5.69 Å². The van der Waals surface area contributed by atoms with Crippen molar-refractivity contribution >= 4 is 0 Å². The molecule has 126 valence electrons. The van der Waals surface area contributed by atoms with Gasteiger partial charge in [-0.3, -0.25) is 4.68 Å². The van der Waals surface area contributed by atoms with E-state index < -0.39 is 0 Å². The molecule has 0 bridgehead atoms. The summed E-state index contributed by atoms with van der Waals surface area (Å²) in [5, 5.41) is 4.55. The molecule has 0 saturated heterocycles. The standard InChI is InChI=1S/C20H31N3/c1-6-12-23(13-7-2)14-11-18-9-8-10-19(15-18)20-16(3)21-22(5)17(20)4/h8-10,15H,6-7,11-14H2,1-5H3. The van der Waals surface area contributed by atoms with Crippen molar-refractivity contribution in [1.82, 2.24) is 14.7 Å². The number of hydrogen-bond donors (Lipinski definition) is 0. The zero-order valence-electron chi connectivity index (χ0n) is 15.4. The maximum atomic E-state index is 4.55. The van der Waals surface area contributed by atoms with E-state index in [0.29, 0.717) is 0 Å². The van der Waals surface area contributed by atoms with Crippen molar-refractivity contribution < 1.29 is 0 Å². The Morgan fingerprint density at radius 2 is 1.74 bits per heavy atom. The van der Waals surface area contributed by atoms with Crippen LogP contribution in [0.2, 0.25) is 0 Å². The van der Waals surface area contributed by atoms with E-state index in [4.69, 9.17) is 0 Å². The Kier molecular flexibility index (Phi) is 6.40. The molecule has 3 heteroatoms. The van der Waals surface area contributed by atoms with Crippen molar-refractivity contribution in [2.45, 2.75) is 47.0 Å². The Morgan fingerprint density at radius 1 is 1.04 bits per heavy atom. The van der Waals surface area contributed by atoms with Gasteiger partial charge in [-0.05, 0) is 57.3 Å². The Balaban J connectivity index is 2.13. The van der Waals surface area contributed by atoms with Crippen LogP contribution in [0.4, 0.5) is 0 Å². The first-order valence-corrected chi connectivity index (χ1v) is 8.88. The first kappa shape index (κ1) is 17.7. The van der Waals surface area contributed by atoms with Crippen LogP contribution in [0.1, 0.15) is 43.6 Å². The predicted molar refractivity (Wildman–Crippen MR) is 98.8 cm³/mol. The fraction of sp³-hybridized carbons (Fsp3) is 0.550. The van der Waals surface area contributed by atoms with Crippen LogP contribution in [0.15, 0.2) is 24.3 Å². The summed E-state index contributed by atoms with van der Waals surface area (Å²) in [6, 6.07) is 8.98. The maximum absolute atomic E-state index is 4.55. The average Bonchev–Trinajstić information content (AvgIpc) is 2.78. The second-order valence-corrected chi connectivity index (χ2v) is 6.46. The van der Waals surface area contributed by atoms with Crippen molar-refractivity contribution in [3.63, 3.8) is 0 Å². The minimum atomic E-state index is 1.11. The molecule has 2 rings (SSSR count). The number of rotatable bonds is 8. The molecule has 2 aromatic rings. The molecule has 0 radical (unpaired) electrons. The van der Waals surface area contributed by atoms with Gasteiger partial charge in [0.2, 0.25) is 0 Å². The van der Waals surface area contributed by atoms with Crippen LogP contribution in [0.3, 0.4) is 0 Å². The molecule has 0 fully saturated rings. The van der Waals surface area contributed by atoms with E-state index in [2.05, 4.69) is 62.0 Å². The summed E-state index contributed by atoms with van der Waals surface area (Å²) in [4.78, 5) is 2.58. The lowest BCUT2D eigenvalue weighted by Crippen LogP contribution is -2.27. The summed E-state index contributed by atoms with van der Waals surface area (Å²) in [5.41, 5.74) is 6.35. The summed E-state index contributed by atoms with van der Waals surface area (Å²) >= 11 is 0. The van der Waals surface area contributed by atoms with E-state index in [1.807, 2.05) is 11.7 Å². The Hall–Kier alpha value is -1.61. The first-order chi connectivity index (χ1) is 11.1. The van der Waals surface area contributed by atoms with Crippen LogP contribution in [-0.4, -0.2) is 34.3 Å². The molecule has 1 aromatic heterocycles. The van der Waals surface area contributed by atoms with E-state index in [0.717, 1.165) is 18.7 Å². The van der Waals surface area contributed by atoms with E-state index in [1.54, 1.807) is 0 Å². The van der Waals surface area contributed by atoms with Gasteiger partial charge in [0.25, 0.3) is 0 Å². The summed E-state index contributed by atoms with van der Waals surface area (Å²) in [6.07, 6.45) is 3.58. The second-order valence-electron chi connectivity index (χ2n) is 6.46. The molecule has 0 saturated carbocycles. The summed E-state index contributed by atoms with van der Waals surface area (Å²) in [6.45, 7) is 12.3. The molecule has 0 atom stereocenters. The highest BCUT2D eigenvalue weighted by Crippen LogP contribution is 2.27. The minimum absolute atomic E-state index is 1.11. The van der Waals surface area contributed by atoms with E-state index in [9.17, 15) is 0 Å². The molecule has 3 nitrogen and oxygen atoms in total. The van der Waals surface area contributed by atoms with Gasteiger partial charge in [-0.15, -0.1) is 0 Å². The molecule has 1 aromatic carbocycles. The van der Waals surface area contributed by atoms with Gasteiger partial charge >= 0.3 is 0 Å². The smallest absolute Gasteiger partial charge is 0.0674 e. The van der Waals surface area contributed by atoms with Crippen LogP contribution < -0.4 is 0 Å². The largest absolute Gasteiger partial charge is 0.303 e. The SMILES string of the molecule is CCCN(CCC)CCc1cccc(-c2c(C)nn(C)c2C)c1. The van der Waals surface area contributed by atoms with Crippen molar-refractivity contribution in [3.8, 4) is 11.1 Å². The van der Waals surface area contributed by atoms with Gasteiger partial charge in [0, 0.05) is 24.8 Å². The molecule has 1 heterocycles. The number of aryl methyl sites for hydroxylation is 2. The van der Waals surface area contributed by atoms with Crippen LogP contribution in [0.25, 0.3) is 11.1 Å². The molecule has 0 spiro atoms. The zero-order valence-corrected chi connectivity index (χ0v) is 15.4. The van der Waals surface area contributed by atoms with Crippen LogP contribution in [-0.2, 0) is 13.5 Å². The van der Waals surface area contributed by atoms with E-state index in [1.165, 1.54) is 48.3 Å². The summed E-state index contributed by atoms with van der Waals surface area (Å²) < 4.78 is 1.97. The fourth-order valence-electron chi connectivity index (χ4n) is 3.33. The number of aromatic nitrogens is 2. The topological polar surface area (TPSA) is 21.1 Å². The lowest BCUT2D eigenvalue weighted by molar-refractivity contribution is 0.278. The van der Waals surface area contributed by atoms with Gasteiger partial charge in [0.15, 0.2) is 0 Å². The van der Waals surface area contributed by atoms with Crippen LogP contribution in [0.5, 0.6) is 0 Å². The molecule has 0 unspecified atom stereocenters. The molecule has 0 amide bonds. The molecule has 0 aliphatic carbocycles. The zero-order chi connectivity index (χ0) is 16.8. The fourth-order valence-corrected chi connectivity index (χ4v) is 3.33. The van der Waals surface area contributed by atoms with Gasteiger partial charge in [-0.25, -0.2) is 0 Å². The average molecular weight is 313 g/mol. The summed E-state index contributed by atoms with van der Waals surface area (Å²) in [7, 11) is 2.02. The van der Waals surface area contributed by atoms with Gasteiger partial charge in [0.1, 0.15) is 0 Å². The monoisotopic (exact) mass is 313 g/mol. The minimum Gasteiger partial charge on any atom is -0.303 e. The van der Waals surface area contributed by atoms with Crippen molar-refractivity contribution in [2.24, 2.45) is 7.05 Å². The number of nitrogens with zero attached hydrogens (tertiary/aromatic N) is 3. The summed E-state index contributed by atoms with van der Waals surface area (Å²) in [5.74, 6) is 0. The van der Waals surface area contributed by atoms with Crippen molar-refractivity contribution in [1.29, 1.82) is 0 Å².